The molecule has 7 nitrogen and oxygen atoms in total. The van der Waals surface area contributed by atoms with Gasteiger partial charge in [0.05, 0.1) is 30.2 Å². The normalized spacial score (nSPS) is 33.2. The monoisotopic (exact) mass is 329 g/mol. The average Bonchev–Trinajstić information content (AvgIpc) is 3.18. The second kappa shape index (κ2) is 4.99. The lowest BCUT2D eigenvalue weighted by molar-refractivity contribution is -0.132. The van der Waals surface area contributed by atoms with Crippen molar-refractivity contribution in [2.24, 2.45) is 11.8 Å². The number of fused-ring (bicyclic) bond motifs is 5. The number of carbonyl (C=O) groups excluding carboxylic acids is 3. The minimum Gasteiger partial charge on any atom is -0.427 e. The topological polar surface area (TPSA) is 93.1 Å². The van der Waals surface area contributed by atoms with Crippen molar-refractivity contribution in [1.29, 1.82) is 0 Å². The van der Waals surface area contributed by atoms with Crippen molar-refractivity contribution in [3.63, 3.8) is 0 Å². The number of anilines is 1. The SMILES string of the molecule is CC(=O)Oc1cccc(N2C(=O)[C@H]3[C@@H](C2=O)[C@]2(CO)C=C[C@H]3O2)c1. The van der Waals surface area contributed by atoms with E-state index < -0.39 is 35.4 Å². The number of ether oxygens (including phenoxy) is 2. The fourth-order valence-electron chi connectivity index (χ4n) is 3.79. The van der Waals surface area contributed by atoms with E-state index in [-0.39, 0.29) is 18.3 Å². The smallest absolute Gasteiger partial charge is 0.308 e. The van der Waals surface area contributed by atoms with Crippen LogP contribution in [0.15, 0.2) is 36.4 Å². The summed E-state index contributed by atoms with van der Waals surface area (Å²) in [6.07, 6.45) is 2.89. The van der Waals surface area contributed by atoms with E-state index >= 15 is 0 Å². The highest BCUT2D eigenvalue weighted by Crippen LogP contribution is 2.52. The van der Waals surface area contributed by atoms with Gasteiger partial charge in [-0.25, -0.2) is 4.90 Å². The van der Waals surface area contributed by atoms with Crippen LogP contribution in [0.4, 0.5) is 5.69 Å². The molecule has 3 aliphatic rings. The van der Waals surface area contributed by atoms with Gasteiger partial charge < -0.3 is 14.6 Å². The highest BCUT2D eigenvalue weighted by Gasteiger charge is 2.67. The van der Waals surface area contributed by atoms with E-state index in [4.69, 9.17) is 9.47 Å². The molecule has 0 spiro atoms. The Hall–Kier alpha value is -2.51. The fraction of sp³-hybridized carbons (Fsp3) is 0.353. The molecule has 3 aliphatic heterocycles. The Morgan fingerprint density at radius 3 is 2.88 bits per heavy atom. The second-order valence-corrected chi connectivity index (χ2v) is 6.16. The maximum absolute atomic E-state index is 12.9. The Morgan fingerprint density at radius 2 is 2.17 bits per heavy atom. The molecule has 2 bridgehead atoms. The molecule has 3 heterocycles. The molecule has 1 N–H and O–H groups in total. The Kier molecular flexibility index (Phi) is 3.13. The number of imide groups is 1. The van der Waals surface area contributed by atoms with E-state index in [2.05, 4.69) is 0 Å². The van der Waals surface area contributed by atoms with Crippen molar-refractivity contribution in [2.45, 2.75) is 18.6 Å². The van der Waals surface area contributed by atoms with E-state index in [0.29, 0.717) is 5.69 Å². The minimum atomic E-state index is -1.12. The summed E-state index contributed by atoms with van der Waals surface area (Å²) in [7, 11) is 0. The molecule has 4 rings (SSSR count). The highest BCUT2D eigenvalue weighted by atomic mass is 16.5. The van der Waals surface area contributed by atoms with Crippen LogP contribution in [0.5, 0.6) is 5.75 Å². The molecule has 0 radical (unpaired) electrons. The van der Waals surface area contributed by atoms with Gasteiger partial charge in [0.25, 0.3) is 0 Å². The van der Waals surface area contributed by atoms with E-state index in [1.807, 2.05) is 0 Å². The zero-order valence-electron chi connectivity index (χ0n) is 12.8. The second-order valence-electron chi connectivity index (χ2n) is 6.16. The third kappa shape index (κ3) is 1.88. The van der Waals surface area contributed by atoms with Crippen molar-refractivity contribution >= 4 is 23.5 Å². The zero-order valence-corrected chi connectivity index (χ0v) is 12.8. The van der Waals surface area contributed by atoms with Gasteiger partial charge in [-0.2, -0.15) is 0 Å². The van der Waals surface area contributed by atoms with Crippen LogP contribution in [0.25, 0.3) is 0 Å². The molecular formula is C17H15NO6. The summed E-state index contributed by atoms with van der Waals surface area (Å²) < 4.78 is 10.7. The van der Waals surface area contributed by atoms with E-state index in [1.54, 1.807) is 30.4 Å². The molecule has 124 valence electrons. The number of hydrogen-bond donors (Lipinski definition) is 1. The maximum atomic E-state index is 12.9. The first-order valence-electron chi connectivity index (χ1n) is 7.61. The van der Waals surface area contributed by atoms with Crippen LogP contribution in [-0.4, -0.2) is 41.2 Å². The van der Waals surface area contributed by atoms with Gasteiger partial charge in [-0.3, -0.25) is 14.4 Å². The molecule has 2 amide bonds. The molecule has 7 heteroatoms. The Bertz CT molecular complexity index is 787. The first kappa shape index (κ1) is 15.0. The van der Waals surface area contributed by atoms with Gasteiger partial charge in [-0.15, -0.1) is 0 Å². The largest absolute Gasteiger partial charge is 0.427 e. The quantitative estimate of drug-likeness (QED) is 0.374. The number of aliphatic hydroxyl groups is 1. The third-order valence-electron chi connectivity index (χ3n) is 4.74. The summed E-state index contributed by atoms with van der Waals surface area (Å²) in [5.41, 5.74) is -0.782. The predicted octanol–water partition coefficient (Wildman–Crippen LogP) is 0.417. The lowest BCUT2D eigenvalue weighted by Gasteiger charge is -2.26. The Balaban J connectivity index is 1.71. The van der Waals surface area contributed by atoms with Gasteiger partial charge in [0, 0.05) is 13.0 Å². The molecule has 4 atom stereocenters. The van der Waals surface area contributed by atoms with Crippen molar-refractivity contribution in [3.8, 4) is 5.75 Å². The summed E-state index contributed by atoms with van der Waals surface area (Å²) in [5, 5.41) is 9.68. The number of aliphatic hydroxyl groups excluding tert-OH is 1. The lowest BCUT2D eigenvalue weighted by atomic mass is 9.77. The van der Waals surface area contributed by atoms with Crippen LogP contribution in [0, 0.1) is 11.8 Å². The number of esters is 1. The third-order valence-corrected chi connectivity index (χ3v) is 4.74. The highest BCUT2D eigenvalue weighted by molar-refractivity contribution is 6.23. The molecule has 24 heavy (non-hydrogen) atoms. The number of rotatable bonds is 3. The molecule has 0 aromatic heterocycles. The molecule has 1 aromatic carbocycles. The average molecular weight is 329 g/mol. The van der Waals surface area contributed by atoms with Crippen LogP contribution in [0.2, 0.25) is 0 Å². The van der Waals surface area contributed by atoms with E-state index in [0.717, 1.165) is 4.90 Å². The predicted molar refractivity (Wildman–Crippen MR) is 81.1 cm³/mol. The summed E-state index contributed by atoms with van der Waals surface area (Å²) in [6, 6.07) is 6.25. The van der Waals surface area contributed by atoms with Crippen LogP contribution in [0.3, 0.4) is 0 Å². The molecule has 0 unspecified atom stereocenters. The number of benzene rings is 1. The Morgan fingerprint density at radius 1 is 1.38 bits per heavy atom. The van der Waals surface area contributed by atoms with Crippen molar-refractivity contribution in [2.75, 3.05) is 11.5 Å². The van der Waals surface area contributed by atoms with Crippen LogP contribution >= 0.6 is 0 Å². The van der Waals surface area contributed by atoms with Crippen LogP contribution in [0.1, 0.15) is 6.92 Å². The first-order chi connectivity index (χ1) is 11.5. The number of hydrogen-bond acceptors (Lipinski definition) is 6. The van der Waals surface area contributed by atoms with Gasteiger partial charge in [0.1, 0.15) is 11.4 Å². The van der Waals surface area contributed by atoms with Crippen molar-refractivity contribution in [1.82, 2.24) is 0 Å². The summed E-state index contributed by atoms with van der Waals surface area (Å²) in [5.74, 6) is -2.38. The Labute approximate surface area is 137 Å². The fourth-order valence-corrected chi connectivity index (χ4v) is 3.79. The van der Waals surface area contributed by atoms with Crippen LogP contribution in [-0.2, 0) is 19.1 Å². The minimum absolute atomic E-state index is 0.256. The molecule has 0 aliphatic carbocycles. The van der Waals surface area contributed by atoms with Crippen molar-refractivity contribution in [3.05, 3.63) is 36.4 Å². The number of nitrogens with zero attached hydrogens (tertiary/aromatic N) is 1. The summed E-state index contributed by atoms with van der Waals surface area (Å²) in [6.45, 7) is 0.913. The van der Waals surface area contributed by atoms with Gasteiger partial charge in [0.2, 0.25) is 11.8 Å². The van der Waals surface area contributed by atoms with Gasteiger partial charge in [0.15, 0.2) is 0 Å². The van der Waals surface area contributed by atoms with Gasteiger partial charge >= 0.3 is 5.97 Å². The van der Waals surface area contributed by atoms with Gasteiger partial charge in [-0.05, 0) is 12.1 Å². The zero-order chi connectivity index (χ0) is 17.1. The maximum Gasteiger partial charge on any atom is 0.308 e. The van der Waals surface area contributed by atoms with Gasteiger partial charge in [-0.1, -0.05) is 18.2 Å². The summed E-state index contributed by atoms with van der Waals surface area (Å²) >= 11 is 0. The van der Waals surface area contributed by atoms with E-state index in [9.17, 15) is 19.5 Å². The number of carbonyl (C=O) groups is 3. The lowest BCUT2D eigenvalue weighted by Crippen LogP contribution is -2.43. The first-order valence-corrected chi connectivity index (χ1v) is 7.61. The standard InChI is InChI=1S/C17H15NO6/c1-9(20)23-11-4-2-3-10(7-11)18-15(21)13-12-5-6-17(8-19,24-12)14(13)16(18)22/h2-7,12-14,19H,8H2,1H3/t12-,13-,14+,17-/m1/s1. The molecule has 0 saturated carbocycles. The molecule has 2 fully saturated rings. The molecule has 2 saturated heterocycles. The van der Waals surface area contributed by atoms with Crippen LogP contribution < -0.4 is 9.64 Å². The summed E-state index contributed by atoms with van der Waals surface area (Å²) in [4.78, 5) is 37.8. The van der Waals surface area contributed by atoms with E-state index in [1.165, 1.54) is 13.0 Å². The number of amides is 2. The van der Waals surface area contributed by atoms with Crippen molar-refractivity contribution < 1.29 is 29.0 Å². The molecule has 1 aromatic rings. The molecular weight excluding hydrogens is 314 g/mol.